The van der Waals surface area contributed by atoms with Gasteiger partial charge in [0.2, 0.25) is 11.5 Å². The average Bonchev–Trinajstić information content (AvgIpc) is 2.99. The van der Waals surface area contributed by atoms with Crippen molar-refractivity contribution in [3.05, 3.63) is 65.5 Å². The molecule has 7 heteroatoms. The third-order valence-corrected chi connectivity index (χ3v) is 3.91. The van der Waals surface area contributed by atoms with Gasteiger partial charge in [-0.05, 0) is 37.3 Å². The molecule has 6 nitrogen and oxygen atoms in total. The number of hydrogen-bond acceptors (Lipinski definition) is 4. The maximum atomic E-state index is 13.3. The number of hydrogen-bond donors (Lipinski definition) is 2. The lowest BCUT2D eigenvalue weighted by molar-refractivity contribution is -0.135. The lowest BCUT2D eigenvalue weighted by Gasteiger charge is -2.20. The van der Waals surface area contributed by atoms with Crippen LogP contribution in [0.15, 0.2) is 53.7 Å². The normalized spacial score (nSPS) is 19.0. The first-order chi connectivity index (χ1) is 11.9. The van der Waals surface area contributed by atoms with Crippen LogP contribution in [0.5, 0.6) is 0 Å². The Labute approximate surface area is 143 Å². The van der Waals surface area contributed by atoms with Gasteiger partial charge in [0.25, 0.3) is 5.91 Å². The first-order valence-electron chi connectivity index (χ1n) is 7.60. The number of carbonyl (C=O) groups excluding carboxylic acids is 2. The van der Waals surface area contributed by atoms with Gasteiger partial charge in [-0.25, -0.2) is 4.39 Å². The van der Waals surface area contributed by atoms with Crippen LogP contribution in [0.3, 0.4) is 0 Å². The maximum absolute atomic E-state index is 13.3. The number of amides is 2. The van der Waals surface area contributed by atoms with E-state index in [4.69, 9.17) is 10.6 Å². The largest absolute Gasteiger partial charge is 0.379 e. The molecule has 25 heavy (non-hydrogen) atoms. The Morgan fingerprint density at radius 2 is 2.00 bits per heavy atom. The van der Waals surface area contributed by atoms with Gasteiger partial charge < -0.3 is 15.9 Å². The maximum Gasteiger partial charge on any atom is 0.271 e. The highest BCUT2D eigenvalue weighted by Gasteiger charge is 2.42. The molecule has 0 unspecified atom stereocenters. The summed E-state index contributed by atoms with van der Waals surface area (Å²) in [4.78, 5) is 29.1. The summed E-state index contributed by atoms with van der Waals surface area (Å²) in [7, 11) is 0. The minimum Gasteiger partial charge on any atom is -0.379 e. The Balaban J connectivity index is 1.73. The van der Waals surface area contributed by atoms with Crippen molar-refractivity contribution in [1.82, 2.24) is 0 Å². The Hall–Kier alpha value is -3.22. The first-order valence-corrected chi connectivity index (χ1v) is 7.60. The van der Waals surface area contributed by atoms with E-state index in [-0.39, 0.29) is 17.8 Å². The summed E-state index contributed by atoms with van der Waals surface area (Å²) >= 11 is 0. The van der Waals surface area contributed by atoms with Crippen LogP contribution in [0.2, 0.25) is 0 Å². The molecule has 0 fully saturated rings. The van der Waals surface area contributed by atoms with Crippen molar-refractivity contribution >= 4 is 23.2 Å². The van der Waals surface area contributed by atoms with Crippen LogP contribution >= 0.6 is 0 Å². The third-order valence-electron chi connectivity index (χ3n) is 3.91. The van der Waals surface area contributed by atoms with Gasteiger partial charge in [0.1, 0.15) is 5.82 Å². The summed E-state index contributed by atoms with van der Waals surface area (Å²) < 4.78 is 13.3. The Kier molecular flexibility index (Phi) is 4.22. The van der Waals surface area contributed by atoms with E-state index >= 15 is 0 Å². The Morgan fingerprint density at radius 3 is 2.72 bits per heavy atom. The van der Waals surface area contributed by atoms with Gasteiger partial charge >= 0.3 is 0 Å². The fourth-order valence-electron chi connectivity index (χ4n) is 2.50. The zero-order chi connectivity index (χ0) is 18.0. The van der Waals surface area contributed by atoms with Gasteiger partial charge in [-0.2, -0.15) is 0 Å². The number of nitrogens with one attached hydrogen (secondary N) is 1. The van der Waals surface area contributed by atoms with Crippen LogP contribution < -0.4 is 11.1 Å². The zero-order valence-electron chi connectivity index (χ0n) is 13.5. The topological polar surface area (TPSA) is 93.8 Å². The molecule has 128 valence electrons. The zero-order valence-corrected chi connectivity index (χ0v) is 13.5. The number of nitrogens with zero attached hydrogens (tertiary/aromatic N) is 1. The molecule has 0 saturated carbocycles. The fraction of sp³-hybridized carbons (Fsp3) is 0.167. The number of anilines is 1. The molecule has 1 aliphatic rings. The highest BCUT2D eigenvalue weighted by atomic mass is 19.1. The van der Waals surface area contributed by atoms with Crippen molar-refractivity contribution in [2.75, 3.05) is 5.32 Å². The monoisotopic (exact) mass is 341 g/mol. The summed E-state index contributed by atoms with van der Waals surface area (Å²) in [5.41, 5.74) is 5.76. The lowest BCUT2D eigenvalue weighted by Crippen LogP contribution is -2.40. The van der Waals surface area contributed by atoms with Crippen LogP contribution in [-0.2, 0) is 9.63 Å². The van der Waals surface area contributed by atoms with E-state index in [1.807, 2.05) is 0 Å². The van der Waals surface area contributed by atoms with E-state index in [0.29, 0.717) is 17.0 Å². The van der Waals surface area contributed by atoms with Crippen molar-refractivity contribution in [3.8, 4) is 0 Å². The molecule has 2 aromatic rings. The van der Waals surface area contributed by atoms with Crippen LogP contribution in [-0.4, -0.2) is 23.1 Å². The summed E-state index contributed by atoms with van der Waals surface area (Å²) in [6, 6.07) is 12.2. The van der Waals surface area contributed by atoms with Crippen LogP contribution in [0.25, 0.3) is 0 Å². The Morgan fingerprint density at radius 1 is 1.24 bits per heavy atom. The van der Waals surface area contributed by atoms with Crippen molar-refractivity contribution in [1.29, 1.82) is 0 Å². The second kappa shape index (κ2) is 6.35. The van der Waals surface area contributed by atoms with Gasteiger partial charge in [-0.1, -0.05) is 23.4 Å². The van der Waals surface area contributed by atoms with Crippen molar-refractivity contribution in [2.45, 2.75) is 18.9 Å². The SMILES string of the molecule is C[C@]1(C(=O)Nc2cccc(C(N)=O)c2)CC(c2cccc(F)c2)=NO1. The van der Waals surface area contributed by atoms with Gasteiger partial charge in [0, 0.05) is 23.2 Å². The predicted molar refractivity (Wildman–Crippen MR) is 90.6 cm³/mol. The number of carbonyl (C=O) groups is 2. The summed E-state index contributed by atoms with van der Waals surface area (Å²) in [6.07, 6.45) is 0.192. The molecule has 0 bridgehead atoms. The number of oxime groups is 1. The van der Waals surface area contributed by atoms with Crippen LogP contribution in [0, 0.1) is 5.82 Å². The second-order valence-corrected chi connectivity index (χ2v) is 5.95. The van der Waals surface area contributed by atoms with E-state index in [0.717, 1.165) is 0 Å². The van der Waals surface area contributed by atoms with Gasteiger partial charge in [-0.15, -0.1) is 0 Å². The summed E-state index contributed by atoms with van der Waals surface area (Å²) in [6.45, 7) is 1.59. The van der Waals surface area contributed by atoms with Crippen LogP contribution in [0.1, 0.15) is 29.3 Å². The molecule has 0 aliphatic carbocycles. The molecule has 1 heterocycles. The van der Waals surface area contributed by atoms with Crippen molar-refractivity contribution in [3.63, 3.8) is 0 Å². The molecule has 0 radical (unpaired) electrons. The highest BCUT2D eigenvalue weighted by Crippen LogP contribution is 2.28. The average molecular weight is 341 g/mol. The van der Waals surface area contributed by atoms with E-state index in [1.165, 1.54) is 18.2 Å². The molecule has 0 aromatic heterocycles. The smallest absolute Gasteiger partial charge is 0.271 e. The first kappa shape index (κ1) is 16.6. The van der Waals surface area contributed by atoms with E-state index in [2.05, 4.69) is 10.5 Å². The quantitative estimate of drug-likeness (QED) is 0.894. The molecule has 2 amide bonds. The molecule has 3 rings (SSSR count). The highest BCUT2D eigenvalue weighted by molar-refractivity contribution is 6.08. The van der Waals surface area contributed by atoms with Gasteiger partial charge in [0.15, 0.2) is 0 Å². The standard InChI is InChI=1S/C18H16FN3O3/c1-18(10-15(22-25-18)11-4-2-6-13(19)8-11)17(24)21-14-7-3-5-12(9-14)16(20)23/h2-9H,10H2,1H3,(H2,20,23)(H,21,24)/t18-/m1/s1. The fourth-order valence-corrected chi connectivity index (χ4v) is 2.50. The molecule has 3 N–H and O–H groups in total. The lowest BCUT2D eigenvalue weighted by atomic mass is 9.95. The van der Waals surface area contributed by atoms with Gasteiger partial charge in [0.05, 0.1) is 5.71 Å². The van der Waals surface area contributed by atoms with Crippen molar-refractivity contribution < 1.29 is 18.8 Å². The van der Waals surface area contributed by atoms with Gasteiger partial charge in [-0.3, -0.25) is 9.59 Å². The minimum atomic E-state index is -1.23. The molecule has 0 saturated heterocycles. The third kappa shape index (κ3) is 3.50. The number of primary amides is 1. The van der Waals surface area contributed by atoms with Crippen molar-refractivity contribution in [2.24, 2.45) is 10.9 Å². The number of halogens is 1. The summed E-state index contributed by atoms with van der Waals surface area (Å²) in [5.74, 6) is -1.40. The second-order valence-electron chi connectivity index (χ2n) is 5.95. The molecule has 2 aromatic carbocycles. The predicted octanol–water partition coefficient (Wildman–Crippen LogP) is 2.45. The Bertz CT molecular complexity index is 881. The van der Waals surface area contributed by atoms with E-state index in [1.54, 1.807) is 37.3 Å². The molecule has 0 spiro atoms. The van der Waals surface area contributed by atoms with Crippen LogP contribution in [0.4, 0.5) is 10.1 Å². The molecule has 1 atom stereocenters. The molecule has 1 aliphatic heterocycles. The number of nitrogens with two attached hydrogens (primary N) is 1. The minimum absolute atomic E-state index is 0.192. The number of benzene rings is 2. The summed E-state index contributed by atoms with van der Waals surface area (Å²) in [5, 5.41) is 6.61. The number of rotatable bonds is 4. The molecular formula is C18H16FN3O3. The van der Waals surface area contributed by atoms with E-state index in [9.17, 15) is 14.0 Å². The van der Waals surface area contributed by atoms with E-state index < -0.39 is 17.4 Å². The molecular weight excluding hydrogens is 325 g/mol.